The van der Waals surface area contributed by atoms with Gasteiger partial charge in [0.25, 0.3) is 5.89 Å². The first-order valence-corrected chi connectivity index (χ1v) is 6.48. The highest BCUT2D eigenvalue weighted by Crippen LogP contribution is 2.52. The van der Waals surface area contributed by atoms with E-state index in [9.17, 15) is 0 Å². The predicted octanol–water partition coefficient (Wildman–Crippen LogP) is 2.12. The van der Waals surface area contributed by atoms with Crippen molar-refractivity contribution < 1.29 is 4.52 Å². The van der Waals surface area contributed by atoms with Gasteiger partial charge in [-0.1, -0.05) is 35.5 Å². The molecular formula is C14H13N5O. The Balaban J connectivity index is 1.74. The number of anilines is 1. The lowest BCUT2D eigenvalue weighted by atomic mass is 9.95. The Hall–Kier alpha value is -2.63. The van der Waals surface area contributed by atoms with Crippen molar-refractivity contribution in [2.24, 2.45) is 0 Å². The van der Waals surface area contributed by atoms with E-state index in [1.807, 2.05) is 18.2 Å². The van der Waals surface area contributed by atoms with Gasteiger partial charge in [0.2, 0.25) is 0 Å². The quantitative estimate of drug-likeness (QED) is 0.758. The third kappa shape index (κ3) is 1.54. The van der Waals surface area contributed by atoms with Crippen LogP contribution in [0.2, 0.25) is 0 Å². The van der Waals surface area contributed by atoms with E-state index in [0.717, 1.165) is 18.7 Å². The molecule has 0 bridgehead atoms. The number of benzene rings is 1. The fourth-order valence-electron chi connectivity index (χ4n) is 2.52. The van der Waals surface area contributed by atoms with Gasteiger partial charge >= 0.3 is 0 Å². The molecule has 0 aliphatic heterocycles. The van der Waals surface area contributed by atoms with Crippen molar-refractivity contribution in [3.63, 3.8) is 0 Å². The Bertz CT molecular complexity index is 742. The number of H-pyrrole nitrogens is 1. The van der Waals surface area contributed by atoms with E-state index in [1.54, 1.807) is 6.20 Å². The molecule has 2 aromatic heterocycles. The molecule has 1 saturated carbocycles. The molecule has 4 rings (SSSR count). The van der Waals surface area contributed by atoms with Gasteiger partial charge in [0.05, 0.1) is 11.6 Å². The normalized spacial score (nSPS) is 16.2. The van der Waals surface area contributed by atoms with Gasteiger partial charge in [0, 0.05) is 0 Å². The Morgan fingerprint density at radius 3 is 2.65 bits per heavy atom. The summed E-state index contributed by atoms with van der Waals surface area (Å²) in [5.41, 5.74) is 7.55. The second-order valence-corrected chi connectivity index (χ2v) is 5.07. The Kier molecular flexibility index (Phi) is 2.20. The van der Waals surface area contributed by atoms with Crippen LogP contribution in [-0.4, -0.2) is 20.3 Å². The smallest absolute Gasteiger partial charge is 0.263 e. The predicted molar refractivity (Wildman–Crippen MR) is 72.7 cm³/mol. The lowest BCUT2D eigenvalue weighted by Gasteiger charge is -2.09. The molecule has 6 nitrogen and oxygen atoms in total. The fraction of sp³-hybridized carbons (Fsp3) is 0.214. The largest absolute Gasteiger partial charge is 0.383 e. The highest BCUT2D eigenvalue weighted by Gasteiger charge is 2.50. The molecule has 1 aliphatic rings. The number of aromatic nitrogens is 4. The molecule has 1 aliphatic carbocycles. The fourth-order valence-corrected chi connectivity index (χ4v) is 2.52. The summed E-state index contributed by atoms with van der Waals surface area (Å²) in [6, 6.07) is 10.3. The molecule has 3 N–H and O–H groups in total. The zero-order valence-corrected chi connectivity index (χ0v) is 10.7. The van der Waals surface area contributed by atoms with Gasteiger partial charge in [-0.25, -0.2) is 0 Å². The number of hydrogen-bond donors (Lipinski definition) is 2. The molecule has 3 aromatic rings. The second-order valence-electron chi connectivity index (χ2n) is 5.07. The summed E-state index contributed by atoms with van der Waals surface area (Å²) >= 11 is 0. The van der Waals surface area contributed by atoms with Crippen LogP contribution in [0.5, 0.6) is 0 Å². The van der Waals surface area contributed by atoms with Gasteiger partial charge in [-0.15, -0.1) is 0 Å². The van der Waals surface area contributed by atoms with Crippen LogP contribution in [0.25, 0.3) is 11.5 Å². The number of hydrogen-bond acceptors (Lipinski definition) is 5. The third-order valence-electron chi connectivity index (χ3n) is 3.83. The minimum Gasteiger partial charge on any atom is -0.383 e. The van der Waals surface area contributed by atoms with E-state index in [1.165, 1.54) is 5.56 Å². The highest BCUT2D eigenvalue weighted by atomic mass is 16.5. The van der Waals surface area contributed by atoms with Gasteiger partial charge < -0.3 is 10.3 Å². The number of rotatable bonds is 3. The third-order valence-corrected chi connectivity index (χ3v) is 3.83. The van der Waals surface area contributed by atoms with Gasteiger partial charge in [0.1, 0.15) is 11.4 Å². The molecule has 20 heavy (non-hydrogen) atoms. The summed E-state index contributed by atoms with van der Waals surface area (Å²) in [6.45, 7) is 0. The summed E-state index contributed by atoms with van der Waals surface area (Å²) in [5, 5.41) is 10.7. The number of nitrogens with two attached hydrogens (primary N) is 1. The molecule has 0 radical (unpaired) electrons. The first kappa shape index (κ1) is 11.2. The van der Waals surface area contributed by atoms with Crippen LogP contribution in [0.4, 0.5) is 5.82 Å². The van der Waals surface area contributed by atoms with Crippen molar-refractivity contribution in [3.05, 3.63) is 47.9 Å². The molecule has 0 spiro atoms. The summed E-state index contributed by atoms with van der Waals surface area (Å²) in [7, 11) is 0. The minimum absolute atomic E-state index is 0.0957. The molecule has 2 heterocycles. The van der Waals surface area contributed by atoms with Crippen LogP contribution in [0.1, 0.15) is 24.2 Å². The zero-order valence-electron chi connectivity index (χ0n) is 10.7. The maximum atomic E-state index is 5.77. The number of nitrogens with zero attached hydrogens (tertiary/aromatic N) is 3. The summed E-state index contributed by atoms with van der Waals surface area (Å²) < 4.78 is 5.34. The standard InChI is InChI=1S/C14H13N5O/c15-11-10(8-16-18-11)12-17-13(19-20-12)14(6-7-14)9-4-2-1-3-5-9/h1-5,8H,6-7H2,(H3,15,16,18). The van der Waals surface area contributed by atoms with Crippen molar-refractivity contribution in [2.75, 3.05) is 5.73 Å². The molecule has 0 saturated heterocycles. The van der Waals surface area contributed by atoms with E-state index >= 15 is 0 Å². The SMILES string of the molecule is Nc1[nH]ncc1-c1nc(C2(c3ccccc3)CC2)no1. The van der Waals surface area contributed by atoms with Gasteiger partial charge in [-0.05, 0) is 18.4 Å². The van der Waals surface area contributed by atoms with Crippen LogP contribution in [0.15, 0.2) is 41.1 Å². The molecule has 0 amide bonds. The van der Waals surface area contributed by atoms with Crippen LogP contribution < -0.4 is 5.73 Å². The van der Waals surface area contributed by atoms with Crippen molar-refractivity contribution >= 4 is 5.82 Å². The zero-order chi connectivity index (χ0) is 13.6. The van der Waals surface area contributed by atoms with Crippen molar-refractivity contribution in [1.29, 1.82) is 0 Å². The summed E-state index contributed by atoms with van der Waals surface area (Å²) in [5.74, 6) is 1.57. The molecule has 100 valence electrons. The van der Waals surface area contributed by atoms with Crippen molar-refractivity contribution in [1.82, 2.24) is 20.3 Å². The van der Waals surface area contributed by atoms with E-state index in [4.69, 9.17) is 10.3 Å². The van der Waals surface area contributed by atoms with Crippen molar-refractivity contribution in [3.8, 4) is 11.5 Å². The Morgan fingerprint density at radius 2 is 2.00 bits per heavy atom. The summed E-state index contributed by atoms with van der Waals surface area (Å²) in [4.78, 5) is 4.51. The second kappa shape index (κ2) is 3.93. The Labute approximate surface area is 115 Å². The first-order valence-electron chi connectivity index (χ1n) is 6.48. The van der Waals surface area contributed by atoms with Crippen LogP contribution in [-0.2, 0) is 5.41 Å². The average Bonchev–Trinajstić information content (AvgIpc) is 2.94. The lowest BCUT2D eigenvalue weighted by Crippen LogP contribution is -2.10. The molecular weight excluding hydrogens is 254 g/mol. The topological polar surface area (TPSA) is 93.6 Å². The van der Waals surface area contributed by atoms with Crippen LogP contribution in [0, 0.1) is 0 Å². The monoisotopic (exact) mass is 267 g/mol. The summed E-state index contributed by atoms with van der Waals surface area (Å²) in [6.07, 6.45) is 3.67. The van der Waals surface area contributed by atoms with Gasteiger partial charge in [-0.3, -0.25) is 5.10 Å². The lowest BCUT2D eigenvalue weighted by molar-refractivity contribution is 0.418. The van der Waals surface area contributed by atoms with E-state index in [-0.39, 0.29) is 5.41 Å². The van der Waals surface area contributed by atoms with Crippen molar-refractivity contribution in [2.45, 2.75) is 18.3 Å². The van der Waals surface area contributed by atoms with E-state index in [2.05, 4.69) is 32.5 Å². The minimum atomic E-state index is -0.0957. The van der Waals surface area contributed by atoms with Crippen LogP contribution in [0.3, 0.4) is 0 Å². The van der Waals surface area contributed by atoms with E-state index < -0.39 is 0 Å². The van der Waals surface area contributed by atoms with Crippen LogP contribution >= 0.6 is 0 Å². The van der Waals surface area contributed by atoms with Gasteiger partial charge in [0.15, 0.2) is 5.82 Å². The molecule has 1 aromatic carbocycles. The highest BCUT2D eigenvalue weighted by molar-refractivity contribution is 5.65. The van der Waals surface area contributed by atoms with Gasteiger partial charge in [-0.2, -0.15) is 10.1 Å². The number of aromatic amines is 1. The molecule has 0 unspecified atom stereocenters. The molecule has 1 fully saturated rings. The average molecular weight is 267 g/mol. The Morgan fingerprint density at radius 1 is 1.20 bits per heavy atom. The maximum Gasteiger partial charge on any atom is 0.263 e. The number of nitrogen functional groups attached to an aromatic ring is 1. The van der Waals surface area contributed by atoms with E-state index in [0.29, 0.717) is 17.3 Å². The molecule has 6 heteroatoms. The maximum absolute atomic E-state index is 5.77. The number of nitrogens with one attached hydrogen (secondary N) is 1. The molecule has 0 atom stereocenters. The first-order chi connectivity index (χ1) is 9.79.